The molecule has 2 heterocycles. The van der Waals surface area contributed by atoms with Crippen molar-refractivity contribution in [3.05, 3.63) is 131 Å². The molecule has 0 bridgehead atoms. The summed E-state index contributed by atoms with van der Waals surface area (Å²) >= 11 is 2.76. The van der Waals surface area contributed by atoms with E-state index < -0.39 is 23.5 Å². The normalized spacial score (nSPS) is 15.2. The number of thioether (sulfide) groups is 1. The predicted molar refractivity (Wildman–Crippen MR) is 167 cm³/mol. The van der Waals surface area contributed by atoms with Crippen LogP contribution in [0.3, 0.4) is 0 Å². The number of aromatic nitrogens is 2. The maximum absolute atomic E-state index is 13.5. The summed E-state index contributed by atoms with van der Waals surface area (Å²) in [6, 6.07) is 29.9. The Hall–Kier alpha value is -4.73. The van der Waals surface area contributed by atoms with E-state index in [1.54, 1.807) is 37.5 Å². The van der Waals surface area contributed by atoms with Crippen molar-refractivity contribution in [1.29, 1.82) is 0 Å². The molecule has 0 aliphatic carbocycles. The first-order valence-corrected chi connectivity index (χ1v) is 14.9. The SMILES string of the molecule is COc1cccc(C2C(C(=O)/C=C/c3ccccc3)=C(O)C(=O)N2c2nnc(SCc3cccc4ccccc34)s2)c1. The van der Waals surface area contributed by atoms with Gasteiger partial charge in [-0.05, 0) is 45.7 Å². The third kappa shape index (κ3) is 5.44. The first-order chi connectivity index (χ1) is 20.5. The first-order valence-electron chi connectivity index (χ1n) is 13.1. The maximum Gasteiger partial charge on any atom is 0.296 e. The summed E-state index contributed by atoms with van der Waals surface area (Å²) in [5.41, 5.74) is 2.56. The molecule has 0 saturated heterocycles. The molecule has 1 amide bonds. The molecule has 4 aromatic carbocycles. The van der Waals surface area contributed by atoms with Gasteiger partial charge in [0.1, 0.15) is 5.75 Å². The van der Waals surface area contributed by atoms with Crippen LogP contribution in [0.25, 0.3) is 16.8 Å². The Morgan fingerprint density at radius 3 is 2.60 bits per heavy atom. The number of fused-ring (bicyclic) bond motifs is 1. The second kappa shape index (κ2) is 12.0. The van der Waals surface area contributed by atoms with Gasteiger partial charge >= 0.3 is 0 Å². The number of benzene rings is 4. The fourth-order valence-corrected chi connectivity index (χ4v) is 6.79. The van der Waals surface area contributed by atoms with Crippen LogP contribution < -0.4 is 9.64 Å². The van der Waals surface area contributed by atoms with E-state index in [-0.39, 0.29) is 10.7 Å². The molecular weight excluding hydrogens is 567 g/mol. The molecule has 1 aliphatic heterocycles. The van der Waals surface area contributed by atoms with Gasteiger partial charge in [0.2, 0.25) is 5.13 Å². The van der Waals surface area contributed by atoms with Gasteiger partial charge in [-0.3, -0.25) is 14.5 Å². The molecule has 0 spiro atoms. The molecule has 208 valence electrons. The number of carbonyl (C=O) groups excluding carboxylic acids is 2. The average molecular weight is 592 g/mol. The van der Waals surface area contributed by atoms with Crippen molar-refractivity contribution < 1.29 is 19.4 Å². The summed E-state index contributed by atoms with van der Waals surface area (Å²) in [6.45, 7) is 0. The van der Waals surface area contributed by atoms with Crippen molar-refractivity contribution in [2.24, 2.45) is 0 Å². The standard InChI is InChI=1S/C33H25N3O4S2/c1-40-25-15-8-13-23(19-25)29-28(27(37)18-17-21-9-3-2-4-10-21)30(38)31(39)36(29)32-34-35-33(42-32)41-20-24-14-7-12-22-11-5-6-16-26(22)24/h2-19,29,38H,20H2,1H3/b18-17+. The van der Waals surface area contributed by atoms with E-state index >= 15 is 0 Å². The van der Waals surface area contributed by atoms with Crippen LogP contribution in [0.15, 0.2) is 119 Å². The van der Waals surface area contributed by atoms with Crippen LogP contribution in [0.2, 0.25) is 0 Å². The Morgan fingerprint density at radius 2 is 1.76 bits per heavy atom. The zero-order valence-electron chi connectivity index (χ0n) is 22.5. The number of aliphatic hydroxyl groups is 1. The van der Waals surface area contributed by atoms with Crippen molar-refractivity contribution in [3.63, 3.8) is 0 Å². The summed E-state index contributed by atoms with van der Waals surface area (Å²) in [5.74, 6) is -0.566. The van der Waals surface area contributed by atoms with Gasteiger partial charge in [0.15, 0.2) is 15.9 Å². The van der Waals surface area contributed by atoms with E-state index in [4.69, 9.17) is 4.74 Å². The highest BCUT2D eigenvalue weighted by atomic mass is 32.2. The van der Waals surface area contributed by atoms with Gasteiger partial charge in [-0.15, -0.1) is 10.2 Å². The molecule has 1 atom stereocenters. The molecule has 1 N–H and O–H groups in total. The molecule has 6 rings (SSSR count). The fraction of sp³-hybridized carbons (Fsp3) is 0.0909. The Labute approximate surface area is 250 Å². The van der Waals surface area contributed by atoms with E-state index in [1.807, 2.05) is 48.5 Å². The number of allylic oxidation sites excluding steroid dienone is 1. The van der Waals surface area contributed by atoms with Crippen LogP contribution in [-0.4, -0.2) is 34.1 Å². The lowest BCUT2D eigenvalue weighted by Gasteiger charge is -2.24. The summed E-state index contributed by atoms with van der Waals surface area (Å²) in [6.07, 6.45) is 3.03. The number of amides is 1. The predicted octanol–water partition coefficient (Wildman–Crippen LogP) is 7.17. The highest BCUT2D eigenvalue weighted by Gasteiger charge is 2.45. The van der Waals surface area contributed by atoms with E-state index in [0.717, 1.165) is 10.9 Å². The smallest absolute Gasteiger partial charge is 0.296 e. The van der Waals surface area contributed by atoms with Crippen LogP contribution >= 0.6 is 23.1 Å². The van der Waals surface area contributed by atoms with Gasteiger partial charge in [-0.2, -0.15) is 0 Å². The molecule has 1 unspecified atom stereocenters. The molecule has 1 aliphatic rings. The zero-order chi connectivity index (χ0) is 29.1. The van der Waals surface area contributed by atoms with Crippen molar-refractivity contribution >= 4 is 56.8 Å². The van der Waals surface area contributed by atoms with E-state index in [9.17, 15) is 14.7 Å². The quantitative estimate of drug-likeness (QED) is 0.110. The number of rotatable bonds is 9. The zero-order valence-corrected chi connectivity index (χ0v) is 24.1. The van der Waals surface area contributed by atoms with Crippen molar-refractivity contribution in [2.45, 2.75) is 16.1 Å². The summed E-state index contributed by atoms with van der Waals surface area (Å²) in [5, 5.41) is 22.3. The topological polar surface area (TPSA) is 92.6 Å². The Kier molecular flexibility index (Phi) is 7.85. The second-order valence-electron chi connectivity index (χ2n) is 9.50. The number of ketones is 1. The number of ether oxygens (including phenoxy) is 1. The second-order valence-corrected chi connectivity index (χ2v) is 11.7. The third-order valence-corrected chi connectivity index (χ3v) is 9.05. The van der Waals surface area contributed by atoms with Gasteiger partial charge in [0.25, 0.3) is 5.91 Å². The van der Waals surface area contributed by atoms with Crippen LogP contribution in [0.4, 0.5) is 5.13 Å². The lowest BCUT2D eigenvalue weighted by molar-refractivity contribution is -0.117. The van der Waals surface area contributed by atoms with Crippen LogP contribution in [-0.2, 0) is 15.3 Å². The Morgan fingerprint density at radius 1 is 1.00 bits per heavy atom. The van der Waals surface area contributed by atoms with Gasteiger partial charge in [-0.1, -0.05) is 114 Å². The van der Waals surface area contributed by atoms with Gasteiger partial charge < -0.3 is 9.84 Å². The summed E-state index contributed by atoms with van der Waals surface area (Å²) in [4.78, 5) is 28.4. The van der Waals surface area contributed by atoms with Gasteiger partial charge in [0, 0.05) is 5.75 Å². The molecule has 7 nitrogen and oxygen atoms in total. The highest BCUT2D eigenvalue weighted by molar-refractivity contribution is 8.00. The highest BCUT2D eigenvalue weighted by Crippen LogP contribution is 2.44. The average Bonchev–Trinajstić information content (AvgIpc) is 3.61. The number of hydrogen-bond donors (Lipinski definition) is 1. The molecule has 0 radical (unpaired) electrons. The number of nitrogens with zero attached hydrogens (tertiary/aromatic N) is 3. The first kappa shape index (κ1) is 27.4. The third-order valence-electron chi connectivity index (χ3n) is 6.94. The number of methoxy groups -OCH3 is 1. The summed E-state index contributed by atoms with van der Waals surface area (Å²) < 4.78 is 6.07. The minimum absolute atomic E-state index is 0.0272. The number of aliphatic hydroxyl groups excluding tert-OH is 1. The number of carbonyl (C=O) groups is 2. The molecule has 0 fully saturated rings. The van der Waals surface area contributed by atoms with Crippen molar-refractivity contribution in [1.82, 2.24) is 10.2 Å². The van der Waals surface area contributed by atoms with E-state index in [0.29, 0.717) is 21.4 Å². The van der Waals surface area contributed by atoms with E-state index in [1.165, 1.54) is 45.0 Å². The molecule has 5 aromatic rings. The molecule has 0 saturated carbocycles. The number of hydrogen-bond acceptors (Lipinski definition) is 8. The lowest BCUT2D eigenvalue weighted by Crippen LogP contribution is -2.30. The van der Waals surface area contributed by atoms with Crippen molar-refractivity contribution in [3.8, 4) is 5.75 Å². The molecule has 9 heteroatoms. The van der Waals surface area contributed by atoms with E-state index in [2.05, 4.69) is 34.5 Å². The van der Waals surface area contributed by atoms with Gasteiger partial charge in [0.05, 0.1) is 18.7 Å². The Balaban J connectivity index is 1.32. The largest absolute Gasteiger partial charge is 0.503 e. The lowest BCUT2D eigenvalue weighted by atomic mass is 9.95. The van der Waals surface area contributed by atoms with Crippen LogP contribution in [0.1, 0.15) is 22.7 Å². The van der Waals surface area contributed by atoms with Gasteiger partial charge in [-0.25, -0.2) is 0 Å². The monoisotopic (exact) mass is 591 g/mol. The Bertz CT molecular complexity index is 1840. The van der Waals surface area contributed by atoms with Crippen LogP contribution in [0, 0.1) is 0 Å². The number of anilines is 1. The van der Waals surface area contributed by atoms with Crippen molar-refractivity contribution in [2.75, 3.05) is 12.0 Å². The molecular formula is C33H25N3O4S2. The molecule has 1 aromatic heterocycles. The summed E-state index contributed by atoms with van der Waals surface area (Å²) in [7, 11) is 1.54. The minimum atomic E-state index is -0.913. The van der Waals surface area contributed by atoms with Crippen LogP contribution in [0.5, 0.6) is 5.75 Å². The fourth-order valence-electron chi connectivity index (χ4n) is 4.92. The molecule has 42 heavy (non-hydrogen) atoms. The maximum atomic E-state index is 13.5. The minimum Gasteiger partial charge on any atom is -0.503 e.